The fraction of sp³-hybridized carbons (Fsp3) is 1.00. The van der Waals surface area contributed by atoms with E-state index in [4.69, 9.17) is 4.43 Å². The predicted octanol–water partition coefficient (Wildman–Crippen LogP) is 1.70. The van der Waals surface area contributed by atoms with Gasteiger partial charge in [-0.1, -0.05) is 0 Å². The Balaban J connectivity index is 2.75. The summed E-state index contributed by atoms with van der Waals surface area (Å²) in [5, 5.41) is 0. The van der Waals surface area contributed by atoms with E-state index in [1.165, 1.54) is 12.8 Å². The van der Waals surface area contributed by atoms with E-state index in [-0.39, 0.29) is 0 Å². The maximum Gasteiger partial charge on any atom is 0.170 e. The Labute approximate surface area is 64.9 Å². The number of hydrogen-bond acceptors (Lipinski definition) is 2. The van der Waals surface area contributed by atoms with E-state index < -0.39 is 9.04 Å². The van der Waals surface area contributed by atoms with Crippen LogP contribution in [0.25, 0.3) is 0 Å². The van der Waals surface area contributed by atoms with Crippen LogP contribution in [0.2, 0.25) is 13.1 Å². The molecule has 0 aromatic rings. The zero-order valence-electron chi connectivity index (χ0n) is 6.26. The summed E-state index contributed by atoms with van der Waals surface area (Å²) in [4.78, 5) is 0. The third-order valence-electron chi connectivity index (χ3n) is 1.00. The van der Waals surface area contributed by atoms with Crippen LogP contribution in [-0.4, -0.2) is 21.4 Å². The largest absolute Gasteiger partial charge is 0.421 e. The summed E-state index contributed by atoms with van der Waals surface area (Å²) in [6.07, 6.45) is 2.36. The van der Waals surface area contributed by atoms with Crippen molar-refractivity contribution < 1.29 is 4.43 Å². The SMILES string of the molecule is C[SiH](C)OCCCCS. The molecule has 3 heteroatoms. The van der Waals surface area contributed by atoms with Crippen molar-refractivity contribution in [2.24, 2.45) is 0 Å². The maximum absolute atomic E-state index is 5.45. The summed E-state index contributed by atoms with van der Waals surface area (Å²) in [5.41, 5.74) is 0. The molecule has 0 aromatic carbocycles. The molecule has 0 fully saturated rings. The Morgan fingerprint density at radius 2 is 2.00 bits per heavy atom. The minimum Gasteiger partial charge on any atom is -0.421 e. The second-order valence-electron chi connectivity index (χ2n) is 2.35. The van der Waals surface area contributed by atoms with Gasteiger partial charge >= 0.3 is 0 Å². The van der Waals surface area contributed by atoms with Crippen molar-refractivity contribution in [3.63, 3.8) is 0 Å². The van der Waals surface area contributed by atoms with E-state index in [1.54, 1.807) is 0 Å². The molecule has 0 aliphatic heterocycles. The Kier molecular flexibility index (Phi) is 7.03. The van der Waals surface area contributed by atoms with Gasteiger partial charge in [0.25, 0.3) is 0 Å². The Bertz CT molecular complexity index is 59.0. The standard InChI is InChI=1S/C6H16OSSi/c1-9(2)7-5-3-4-6-8/h8-9H,3-6H2,1-2H3. The van der Waals surface area contributed by atoms with Crippen LogP contribution >= 0.6 is 12.6 Å². The molecule has 0 saturated carbocycles. The van der Waals surface area contributed by atoms with Crippen LogP contribution in [-0.2, 0) is 4.43 Å². The highest BCUT2D eigenvalue weighted by atomic mass is 32.1. The summed E-state index contributed by atoms with van der Waals surface area (Å²) >= 11 is 4.10. The zero-order valence-corrected chi connectivity index (χ0v) is 8.31. The van der Waals surface area contributed by atoms with Gasteiger partial charge < -0.3 is 4.43 Å². The maximum atomic E-state index is 5.45. The molecular weight excluding hydrogens is 148 g/mol. The van der Waals surface area contributed by atoms with E-state index in [9.17, 15) is 0 Å². The van der Waals surface area contributed by atoms with E-state index in [1.807, 2.05) is 0 Å². The van der Waals surface area contributed by atoms with Crippen LogP contribution in [0.4, 0.5) is 0 Å². The summed E-state index contributed by atoms with van der Waals surface area (Å²) in [5.74, 6) is 0.989. The van der Waals surface area contributed by atoms with Gasteiger partial charge in [0.2, 0.25) is 0 Å². The van der Waals surface area contributed by atoms with E-state index >= 15 is 0 Å². The van der Waals surface area contributed by atoms with Gasteiger partial charge in [-0.3, -0.25) is 0 Å². The molecule has 0 aliphatic rings. The molecule has 0 N–H and O–H groups in total. The quantitative estimate of drug-likeness (QED) is 0.370. The van der Waals surface area contributed by atoms with E-state index in [2.05, 4.69) is 25.7 Å². The second kappa shape index (κ2) is 6.64. The first kappa shape index (κ1) is 9.53. The molecule has 1 nitrogen and oxygen atoms in total. The van der Waals surface area contributed by atoms with Crippen molar-refractivity contribution in [3.05, 3.63) is 0 Å². The van der Waals surface area contributed by atoms with Crippen LogP contribution < -0.4 is 0 Å². The fourth-order valence-corrected chi connectivity index (χ4v) is 1.39. The Morgan fingerprint density at radius 1 is 1.33 bits per heavy atom. The average molecular weight is 164 g/mol. The number of hydrogen-bond donors (Lipinski definition) is 1. The average Bonchev–Trinajstić information content (AvgIpc) is 1.80. The fourth-order valence-electron chi connectivity index (χ4n) is 0.533. The van der Waals surface area contributed by atoms with Gasteiger partial charge in [0.05, 0.1) is 0 Å². The minimum absolute atomic E-state index is 0.738. The highest BCUT2D eigenvalue weighted by molar-refractivity contribution is 7.80. The molecule has 0 amide bonds. The van der Waals surface area contributed by atoms with Gasteiger partial charge in [0.15, 0.2) is 9.04 Å². The van der Waals surface area contributed by atoms with Crippen LogP contribution in [0.1, 0.15) is 12.8 Å². The molecule has 56 valence electrons. The zero-order chi connectivity index (χ0) is 7.11. The van der Waals surface area contributed by atoms with Gasteiger partial charge in [-0.05, 0) is 31.7 Å². The molecule has 0 rings (SSSR count). The lowest BCUT2D eigenvalue weighted by Gasteiger charge is -2.04. The first-order valence-corrected chi connectivity index (χ1v) is 6.91. The molecule has 0 aliphatic carbocycles. The lowest BCUT2D eigenvalue weighted by Crippen LogP contribution is -2.08. The van der Waals surface area contributed by atoms with Crippen molar-refractivity contribution in [1.29, 1.82) is 0 Å². The minimum atomic E-state index is -0.738. The smallest absolute Gasteiger partial charge is 0.170 e. The van der Waals surface area contributed by atoms with Crippen molar-refractivity contribution in [2.75, 3.05) is 12.4 Å². The molecule has 0 heterocycles. The number of unbranched alkanes of at least 4 members (excludes halogenated alkanes) is 1. The third-order valence-corrected chi connectivity index (χ3v) is 2.22. The highest BCUT2D eigenvalue weighted by Gasteiger charge is 1.92. The lowest BCUT2D eigenvalue weighted by molar-refractivity contribution is 0.318. The molecule has 9 heavy (non-hydrogen) atoms. The van der Waals surface area contributed by atoms with E-state index in [0.717, 1.165) is 12.4 Å². The summed E-state index contributed by atoms with van der Waals surface area (Å²) in [6, 6.07) is 0. The highest BCUT2D eigenvalue weighted by Crippen LogP contribution is 1.93. The second-order valence-corrected chi connectivity index (χ2v) is 5.23. The van der Waals surface area contributed by atoms with Gasteiger partial charge in [0, 0.05) is 6.61 Å². The van der Waals surface area contributed by atoms with Gasteiger partial charge in [-0.25, -0.2) is 0 Å². The topological polar surface area (TPSA) is 9.23 Å². The molecule has 0 radical (unpaired) electrons. The number of thiol groups is 1. The summed E-state index contributed by atoms with van der Waals surface area (Å²) in [7, 11) is -0.738. The molecule has 0 unspecified atom stereocenters. The predicted molar refractivity (Wildman–Crippen MR) is 47.9 cm³/mol. The molecule has 0 spiro atoms. The van der Waals surface area contributed by atoms with Crippen molar-refractivity contribution in [2.45, 2.75) is 25.9 Å². The molecular formula is C6H16OSSi. The normalized spacial score (nSPS) is 10.7. The lowest BCUT2D eigenvalue weighted by atomic mass is 10.4. The van der Waals surface area contributed by atoms with Crippen LogP contribution in [0.15, 0.2) is 0 Å². The van der Waals surface area contributed by atoms with Crippen molar-refractivity contribution >= 4 is 21.7 Å². The third kappa shape index (κ3) is 8.53. The van der Waals surface area contributed by atoms with Crippen LogP contribution in [0.3, 0.4) is 0 Å². The molecule has 0 bridgehead atoms. The monoisotopic (exact) mass is 164 g/mol. The molecule has 0 aromatic heterocycles. The van der Waals surface area contributed by atoms with Crippen molar-refractivity contribution in [3.8, 4) is 0 Å². The van der Waals surface area contributed by atoms with Gasteiger partial charge in [-0.15, -0.1) is 0 Å². The van der Waals surface area contributed by atoms with Crippen LogP contribution in [0.5, 0.6) is 0 Å². The Morgan fingerprint density at radius 3 is 2.44 bits per heavy atom. The van der Waals surface area contributed by atoms with Crippen molar-refractivity contribution in [1.82, 2.24) is 0 Å². The molecule has 0 atom stereocenters. The first-order valence-electron chi connectivity index (χ1n) is 3.50. The van der Waals surface area contributed by atoms with Gasteiger partial charge in [0.1, 0.15) is 0 Å². The molecule has 0 saturated heterocycles. The van der Waals surface area contributed by atoms with Gasteiger partial charge in [-0.2, -0.15) is 12.6 Å². The van der Waals surface area contributed by atoms with E-state index in [0.29, 0.717) is 0 Å². The summed E-state index contributed by atoms with van der Waals surface area (Å²) < 4.78 is 5.45. The number of rotatable bonds is 5. The summed E-state index contributed by atoms with van der Waals surface area (Å²) in [6.45, 7) is 5.34. The first-order chi connectivity index (χ1) is 4.27. The Hall–Kier alpha value is 0.527. The van der Waals surface area contributed by atoms with Crippen LogP contribution in [0, 0.1) is 0 Å².